The third-order valence-corrected chi connectivity index (χ3v) is 3.62. The average molecular weight is 295 g/mol. The fourth-order valence-electron chi connectivity index (χ4n) is 2.48. The van der Waals surface area contributed by atoms with Gasteiger partial charge in [0.25, 0.3) is 5.69 Å². The van der Waals surface area contributed by atoms with Crippen molar-refractivity contribution < 1.29 is 15.1 Å². The molecular weight excluding hydrogens is 274 g/mol. The highest BCUT2D eigenvalue weighted by molar-refractivity contribution is 5.69. The molecule has 1 heterocycles. The first-order valence-electron chi connectivity index (χ1n) is 7.18. The highest BCUT2D eigenvalue weighted by Gasteiger charge is 2.21. The van der Waals surface area contributed by atoms with Crippen molar-refractivity contribution in [1.29, 1.82) is 0 Å². The van der Waals surface area contributed by atoms with Gasteiger partial charge in [-0.3, -0.25) is 10.1 Å². The van der Waals surface area contributed by atoms with Crippen molar-refractivity contribution in [1.82, 2.24) is 0 Å². The number of hydrogen-bond acceptors (Lipinski definition) is 6. The number of hydrogen-bond donors (Lipinski definition) is 3. The maximum atomic E-state index is 11.3. The summed E-state index contributed by atoms with van der Waals surface area (Å²) in [6, 6.07) is 4.99. The third kappa shape index (κ3) is 4.05. The van der Waals surface area contributed by atoms with Crippen LogP contribution in [-0.4, -0.2) is 47.5 Å². The highest BCUT2D eigenvalue weighted by atomic mass is 16.6. The maximum Gasteiger partial charge on any atom is 0.294 e. The lowest BCUT2D eigenvalue weighted by atomic mass is 10.1. The summed E-state index contributed by atoms with van der Waals surface area (Å²) in [5.41, 5.74) is 1.28. The van der Waals surface area contributed by atoms with E-state index in [4.69, 9.17) is 5.11 Å². The SMILES string of the molecule is O=[N+]([O-])c1cc(NCC(O)CO)ccc1N1CCCCC1. The lowest BCUT2D eigenvalue weighted by Crippen LogP contribution is -2.30. The summed E-state index contributed by atoms with van der Waals surface area (Å²) in [6.45, 7) is 1.49. The number of nitro groups is 1. The zero-order valence-electron chi connectivity index (χ0n) is 11.9. The highest BCUT2D eigenvalue weighted by Crippen LogP contribution is 2.32. The largest absolute Gasteiger partial charge is 0.394 e. The molecule has 116 valence electrons. The molecule has 0 amide bonds. The molecule has 0 aliphatic carbocycles. The summed E-state index contributed by atoms with van der Waals surface area (Å²) in [5, 5.41) is 32.2. The van der Waals surface area contributed by atoms with Crippen LogP contribution in [0.25, 0.3) is 0 Å². The van der Waals surface area contributed by atoms with Crippen molar-refractivity contribution in [2.45, 2.75) is 25.4 Å². The topological polar surface area (TPSA) is 98.9 Å². The van der Waals surface area contributed by atoms with Crippen LogP contribution in [0, 0.1) is 10.1 Å². The zero-order valence-corrected chi connectivity index (χ0v) is 11.9. The number of aliphatic hydroxyl groups is 2. The molecule has 7 nitrogen and oxygen atoms in total. The first-order valence-corrected chi connectivity index (χ1v) is 7.18. The van der Waals surface area contributed by atoms with Crippen LogP contribution in [0.1, 0.15) is 19.3 Å². The van der Waals surface area contributed by atoms with Gasteiger partial charge in [-0.15, -0.1) is 0 Å². The molecule has 0 radical (unpaired) electrons. The van der Waals surface area contributed by atoms with E-state index in [0.29, 0.717) is 11.4 Å². The minimum absolute atomic E-state index is 0.0698. The molecule has 1 aliphatic heterocycles. The number of rotatable bonds is 6. The summed E-state index contributed by atoms with van der Waals surface area (Å²) in [6.07, 6.45) is 2.40. The van der Waals surface area contributed by atoms with Crippen molar-refractivity contribution in [3.05, 3.63) is 28.3 Å². The number of piperidine rings is 1. The summed E-state index contributed by atoms with van der Waals surface area (Å²) >= 11 is 0. The van der Waals surface area contributed by atoms with E-state index in [1.54, 1.807) is 12.1 Å². The number of nitro benzene ring substituents is 1. The van der Waals surface area contributed by atoms with Crippen LogP contribution in [0.5, 0.6) is 0 Å². The molecule has 0 saturated carbocycles. The quantitative estimate of drug-likeness (QED) is 0.541. The van der Waals surface area contributed by atoms with Crippen molar-refractivity contribution >= 4 is 17.1 Å². The van der Waals surface area contributed by atoms with Gasteiger partial charge in [0.05, 0.1) is 17.6 Å². The van der Waals surface area contributed by atoms with E-state index in [-0.39, 0.29) is 23.8 Å². The molecule has 0 bridgehead atoms. The van der Waals surface area contributed by atoms with E-state index in [1.807, 2.05) is 4.90 Å². The molecule has 1 saturated heterocycles. The van der Waals surface area contributed by atoms with Crippen molar-refractivity contribution in [2.24, 2.45) is 0 Å². The van der Waals surface area contributed by atoms with Gasteiger partial charge in [0.15, 0.2) is 0 Å². The Kier molecular flexibility index (Phi) is 5.35. The monoisotopic (exact) mass is 295 g/mol. The number of anilines is 2. The second-order valence-electron chi connectivity index (χ2n) is 5.23. The predicted molar refractivity (Wildman–Crippen MR) is 80.7 cm³/mol. The van der Waals surface area contributed by atoms with Gasteiger partial charge in [-0.25, -0.2) is 0 Å². The second-order valence-corrected chi connectivity index (χ2v) is 5.23. The Balaban J connectivity index is 2.16. The van der Waals surface area contributed by atoms with Gasteiger partial charge >= 0.3 is 0 Å². The summed E-state index contributed by atoms with van der Waals surface area (Å²) < 4.78 is 0. The van der Waals surface area contributed by atoms with Crippen molar-refractivity contribution in [2.75, 3.05) is 36.5 Å². The fourth-order valence-corrected chi connectivity index (χ4v) is 2.48. The molecule has 1 atom stereocenters. The minimum atomic E-state index is -0.883. The van der Waals surface area contributed by atoms with Crippen LogP contribution >= 0.6 is 0 Å². The Bertz CT molecular complexity index is 489. The van der Waals surface area contributed by atoms with Gasteiger partial charge < -0.3 is 20.4 Å². The number of nitrogens with zero attached hydrogens (tertiary/aromatic N) is 2. The van der Waals surface area contributed by atoms with Crippen molar-refractivity contribution in [3.8, 4) is 0 Å². The summed E-state index contributed by atoms with van der Waals surface area (Å²) in [5.74, 6) is 0. The smallest absolute Gasteiger partial charge is 0.294 e. The van der Waals surface area contributed by atoms with Crippen LogP contribution in [0.2, 0.25) is 0 Å². The van der Waals surface area contributed by atoms with Gasteiger partial charge in [0.2, 0.25) is 0 Å². The van der Waals surface area contributed by atoms with Gasteiger partial charge in [-0.05, 0) is 31.4 Å². The number of nitrogens with one attached hydrogen (secondary N) is 1. The molecular formula is C14H21N3O4. The molecule has 1 aromatic rings. The Hall–Kier alpha value is -1.86. The van der Waals surface area contributed by atoms with Gasteiger partial charge in [-0.1, -0.05) is 0 Å². The van der Waals surface area contributed by atoms with Crippen LogP contribution in [0.3, 0.4) is 0 Å². The molecule has 1 unspecified atom stereocenters. The Morgan fingerprint density at radius 1 is 1.33 bits per heavy atom. The van der Waals surface area contributed by atoms with E-state index in [1.165, 1.54) is 12.5 Å². The number of benzene rings is 1. The van der Waals surface area contributed by atoms with E-state index >= 15 is 0 Å². The summed E-state index contributed by atoms with van der Waals surface area (Å²) in [7, 11) is 0. The molecule has 7 heteroatoms. The number of aliphatic hydroxyl groups excluding tert-OH is 2. The first kappa shape index (κ1) is 15.5. The Morgan fingerprint density at radius 3 is 2.67 bits per heavy atom. The predicted octanol–water partition coefficient (Wildman–Crippen LogP) is 1.35. The van der Waals surface area contributed by atoms with Crippen LogP contribution < -0.4 is 10.2 Å². The third-order valence-electron chi connectivity index (χ3n) is 3.62. The molecule has 1 aromatic carbocycles. The Labute approximate surface area is 123 Å². The molecule has 0 spiro atoms. The van der Waals surface area contributed by atoms with E-state index in [0.717, 1.165) is 25.9 Å². The van der Waals surface area contributed by atoms with Crippen LogP contribution in [0.4, 0.5) is 17.1 Å². The maximum absolute atomic E-state index is 11.3. The molecule has 2 rings (SSSR count). The van der Waals surface area contributed by atoms with E-state index in [2.05, 4.69) is 5.32 Å². The minimum Gasteiger partial charge on any atom is -0.394 e. The second kappa shape index (κ2) is 7.24. The lowest BCUT2D eigenvalue weighted by molar-refractivity contribution is -0.384. The van der Waals surface area contributed by atoms with Gasteiger partial charge in [-0.2, -0.15) is 0 Å². The fraction of sp³-hybridized carbons (Fsp3) is 0.571. The molecule has 21 heavy (non-hydrogen) atoms. The van der Waals surface area contributed by atoms with Gasteiger partial charge in [0.1, 0.15) is 5.69 Å². The van der Waals surface area contributed by atoms with E-state index in [9.17, 15) is 15.2 Å². The van der Waals surface area contributed by atoms with Crippen molar-refractivity contribution in [3.63, 3.8) is 0 Å². The summed E-state index contributed by atoms with van der Waals surface area (Å²) in [4.78, 5) is 12.9. The normalized spacial score (nSPS) is 16.6. The zero-order chi connectivity index (χ0) is 15.2. The molecule has 0 aromatic heterocycles. The molecule has 3 N–H and O–H groups in total. The first-order chi connectivity index (χ1) is 10.1. The average Bonchev–Trinajstić information content (AvgIpc) is 2.53. The van der Waals surface area contributed by atoms with Crippen LogP contribution in [0.15, 0.2) is 18.2 Å². The Morgan fingerprint density at radius 2 is 2.05 bits per heavy atom. The standard InChI is InChI=1S/C14H21N3O4/c18-10-12(19)9-15-11-4-5-13(14(8-11)17(20)21)16-6-2-1-3-7-16/h4-5,8,12,15,18-19H,1-3,6-7,9-10H2. The van der Waals surface area contributed by atoms with E-state index < -0.39 is 6.10 Å². The lowest BCUT2D eigenvalue weighted by Gasteiger charge is -2.28. The van der Waals surface area contributed by atoms with Gasteiger partial charge in [0, 0.05) is 31.4 Å². The molecule has 1 fully saturated rings. The van der Waals surface area contributed by atoms with Crippen LogP contribution in [-0.2, 0) is 0 Å². The molecule has 1 aliphatic rings.